The molecule has 0 saturated carbocycles. The third-order valence-electron chi connectivity index (χ3n) is 4.84. The first-order chi connectivity index (χ1) is 14.8. The molecule has 30 heavy (non-hydrogen) atoms. The lowest BCUT2D eigenvalue weighted by Crippen LogP contribution is -2.21. The van der Waals surface area contributed by atoms with Gasteiger partial charge in [-0.2, -0.15) is 0 Å². The van der Waals surface area contributed by atoms with Crippen LogP contribution in [0.25, 0.3) is 16.7 Å². The first-order valence-corrected chi connectivity index (χ1v) is 9.89. The van der Waals surface area contributed by atoms with E-state index in [1.807, 2.05) is 71.3 Å². The van der Waals surface area contributed by atoms with Crippen LogP contribution in [-0.4, -0.2) is 29.8 Å². The summed E-state index contributed by atoms with van der Waals surface area (Å²) in [5.74, 6) is 0.668. The monoisotopic (exact) mass is 400 g/mol. The molecule has 0 fully saturated rings. The standard InChI is InChI=1S/C24H24N4O2/c1-30-15-14-25-17-18-12-13-26-24-23(18)21(29)16-22(27-19-8-4-2-5-9-19)28(24)20-10-6-3-7-11-20/h2-13,16,25,27H,14-15,17H2,1H3. The summed E-state index contributed by atoms with van der Waals surface area (Å²) >= 11 is 0. The summed E-state index contributed by atoms with van der Waals surface area (Å²) in [6.07, 6.45) is 1.75. The third kappa shape index (κ3) is 4.25. The molecule has 2 heterocycles. The maximum absolute atomic E-state index is 13.1. The molecule has 0 aliphatic heterocycles. The van der Waals surface area contributed by atoms with E-state index in [0.717, 1.165) is 16.9 Å². The topological polar surface area (TPSA) is 68.2 Å². The van der Waals surface area contributed by atoms with Crippen LogP contribution in [-0.2, 0) is 11.3 Å². The number of ether oxygens (including phenoxy) is 1. The first kappa shape index (κ1) is 19.8. The molecular weight excluding hydrogens is 376 g/mol. The van der Waals surface area contributed by atoms with E-state index < -0.39 is 0 Å². The minimum absolute atomic E-state index is 0.0627. The van der Waals surface area contributed by atoms with E-state index in [0.29, 0.717) is 36.5 Å². The normalized spacial score (nSPS) is 11.0. The van der Waals surface area contributed by atoms with E-state index in [4.69, 9.17) is 4.74 Å². The number of nitrogens with one attached hydrogen (secondary N) is 2. The summed E-state index contributed by atoms with van der Waals surface area (Å²) in [7, 11) is 1.67. The Labute approximate surface area is 175 Å². The smallest absolute Gasteiger partial charge is 0.193 e. The molecule has 0 aliphatic rings. The molecule has 152 valence electrons. The van der Waals surface area contributed by atoms with Gasteiger partial charge in [-0.1, -0.05) is 36.4 Å². The molecule has 0 amide bonds. The number of benzene rings is 2. The summed E-state index contributed by atoms with van der Waals surface area (Å²) in [4.78, 5) is 17.7. The largest absolute Gasteiger partial charge is 0.383 e. The number of anilines is 2. The molecule has 2 N–H and O–H groups in total. The molecule has 2 aromatic heterocycles. The van der Waals surface area contributed by atoms with Gasteiger partial charge in [-0.25, -0.2) is 4.98 Å². The van der Waals surface area contributed by atoms with Crippen LogP contribution in [0.15, 0.2) is 83.8 Å². The predicted molar refractivity (Wildman–Crippen MR) is 121 cm³/mol. The first-order valence-electron chi connectivity index (χ1n) is 9.89. The lowest BCUT2D eigenvalue weighted by molar-refractivity contribution is 0.199. The summed E-state index contributed by atoms with van der Waals surface area (Å²) in [6, 6.07) is 23.3. The van der Waals surface area contributed by atoms with Crippen LogP contribution in [0.4, 0.5) is 11.5 Å². The summed E-state index contributed by atoms with van der Waals surface area (Å²) < 4.78 is 7.08. The maximum Gasteiger partial charge on any atom is 0.193 e. The van der Waals surface area contributed by atoms with Crippen molar-refractivity contribution in [2.45, 2.75) is 6.54 Å². The van der Waals surface area contributed by atoms with E-state index in [2.05, 4.69) is 15.6 Å². The molecule has 6 nitrogen and oxygen atoms in total. The van der Waals surface area contributed by atoms with E-state index >= 15 is 0 Å². The van der Waals surface area contributed by atoms with Crippen LogP contribution < -0.4 is 16.1 Å². The van der Waals surface area contributed by atoms with Crippen molar-refractivity contribution in [1.29, 1.82) is 0 Å². The van der Waals surface area contributed by atoms with Crippen molar-refractivity contribution in [1.82, 2.24) is 14.9 Å². The Kier molecular flexibility index (Phi) is 6.17. The van der Waals surface area contributed by atoms with Gasteiger partial charge in [-0.05, 0) is 35.9 Å². The van der Waals surface area contributed by atoms with Gasteiger partial charge in [0.05, 0.1) is 12.0 Å². The van der Waals surface area contributed by atoms with Gasteiger partial charge in [0.15, 0.2) is 5.43 Å². The highest BCUT2D eigenvalue weighted by Gasteiger charge is 2.15. The van der Waals surface area contributed by atoms with Crippen LogP contribution in [0, 0.1) is 0 Å². The van der Waals surface area contributed by atoms with Crippen molar-refractivity contribution in [3.8, 4) is 5.69 Å². The molecule has 0 spiro atoms. The van der Waals surface area contributed by atoms with Crippen LogP contribution in [0.1, 0.15) is 5.56 Å². The molecule has 0 radical (unpaired) electrons. The zero-order chi connectivity index (χ0) is 20.8. The molecular formula is C24H24N4O2. The highest BCUT2D eigenvalue weighted by atomic mass is 16.5. The zero-order valence-electron chi connectivity index (χ0n) is 16.8. The van der Waals surface area contributed by atoms with Crippen molar-refractivity contribution >= 4 is 22.5 Å². The fourth-order valence-electron chi connectivity index (χ4n) is 3.45. The predicted octanol–water partition coefficient (Wildman–Crippen LogP) is 3.87. The Balaban J connectivity index is 1.87. The number of para-hydroxylation sites is 2. The van der Waals surface area contributed by atoms with Gasteiger partial charge < -0.3 is 15.4 Å². The Morgan fingerprint density at radius 3 is 2.47 bits per heavy atom. The fraction of sp³-hybridized carbons (Fsp3) is 0.167. The number of fused-ring (bicyclic) bond motifs is 1. The molecule has 4 rings (SSSR count). The third-order valence-corrected chi connectivity index (χ3v) is 4.84. The molecule has 0 atom stereocenters. The molecule has 2 aromatic carbocycles. The number of nitrogens with zero attached hydrogens (tertiary/aromatic N) is 2. The Hall–Kier alpha value is -3.48. The van der Waals surface area contributed by atoms with Crippen LogP contribution in [0.2, 0.25) is 0 Å². The minimum atomic E-state index is -0.0627. The summed E-state index contributed by atoms with van der Waals surface area (Å²) in [6.45, 7) is 1.89. The van der Waals surface area contributed by atoms with Crippen LogP contribution in [0.5, 0.6) is 0 Å². The quantitative estimate of drug-likeness (QED) is 0.440. The number of methoxy groups -OCH3 is 1. The number of hydrogen-bond donors (Lipinski definition) is 2. The van der Waals surface area contributed by atoms with Gasteiger partial charge in [0.1, 0.15) is 11.5 Å². The van der Waals surface area contributed by atoms with Crippen molar-refractivity contribution in [2.24, 2.45) is 0 Å². The summed E-state index contributed by atoms with van der Waals surface area (Å²) in [5.41, 5.74) is 3.30. The van der Waals surface area contributed by atoms with Gasteiger partial charge >= 0.3 is 0 Å². The van der Waals surface area contributed by atoms with Gasteiger partial charge in [0.2, 0.25) is 0 Å². The van der Waals surface area contributed by atoms with E-state index in [1.165, 1.54) is 0 Å². The molecule has 0 saturated heterocycles. The second kappa shape index (κ2) is 9.35. The van der Waals surface area contributed by atoms with E-state index in [9.17, 15) is 4.79 Å². The summed E-state index contributed by atoms with van der Waals surface area (Å²) in [5, 5.41) is 7.31. The average Bonchev–Trinajstić information content (AvgIpc) is 2.78. The number of pyridine rings is 2. The highest BCUT2D eigenvalue weighted by molar-refractivity contribution is 5.83. The zero-order valence-corrected chi connectivity index (χ0v) is 16.8. The average molecular weight is 400 g/mol. The molecule has 0 bridgehead atoms. The highest BCUT2D eigenvalue weighted by Crippen LogP contribution is 2.25. The second-order valence-corrected chi connectivity index (χ2v) is 6.89. The Bertz CT molecular complexity index is 1170. The van der Waals surface area contributed by atoms with Crippen molar-refractivity contribution in [2.75, 3.05) is 25.6 Å². The van der Waals surface area contributed by atoms with E-state index in [-0.39, 0.29) is 5.43 Å². The molecule has 4 aromatic rings. The van der Waals surface area contributed by atoms with Crippen molar-refractivity contribution < 1.29 is 4.74 Å². The lowest BCUT2D eigenvalue weighted by Gasteiger charge is -2.19. The van der Waals surface area contributed by atoms with Gasteiger partial charge in [0, 0.05) is 43.8 Å². The number of aromatic nitrogens is 2. The van der Waals surface area contributed by atoms with Gasteiger partial charge in [0.25, 0.3) is 0 Å². The minimum Gasteiger partial charge on any atom is -0.383 e. The van der Waals surface area contributed by atoms with Gasteiger partial charge in [-0.3, -0.25) is 9.36 Å². The SMILES string of the molecule is COCCNCc1ccnc2c1c(=O)cc(Nc1ccccc1)n2-c1ccccc1. The Morgan fingerprint density at radius 1 is 1.00 bits per heavy atom. The van der Waals surface area contributed by atoms with Crippen LogP contribution in [0.3, 0.4) is 0 Å². The van der Waals surface area contributed by atoms with Crippen molar-refractivity contribution in [3.63, 3.8) is 0 Å². The number of hydrogen-bond acceptors (Lipinski definition) is 5. The maximum atomic E-state index is 13.1. The molecule has 0 unspecified atom stereocenters. The fourth-order valence-corrected chi connectivity index (χ4v) is 3.45. The van der Waals surface area contributed by atoms with Gasteiger partial charge in [-0.15, -0.1) is 0 Å². The Morgan fingerprint density at radius 2 is 1.73 bits per heavy atom. The number of rotatable bonds is 8. The molecule has 0 aliphatic carbocycles. The van der Waals surface area contributed by atoms with Crippen molar-refractivity contribution in [3.05, 3.63) is 94.8 Å². The second-order valence-electron chi connectivity index (χ2n) is 6.89. The van der Waals surface area contributed by atoms with Crippen LogP contribution >= 0.6 is 0 Å². The lowest BCUT2D eigenvalue weighted by atomic mass is 10.1. The molecule has 6 heteroatoms. The van der Waals surface area contributed by atoms with E-state index in [1.54, 1.807) is 19.4 Å².